The fraction of sp³-hybridized carbons (Fsp3) is 0.826. The van der Waals surface area contributed by atoms with Crippen molar-refractivity contribution in [1.29, 1.82) is 0 Å². The minimum Gasteiger partial charge on any atom is -0.467 e. The van der Waals surface area contributed by atoms with E-state index in [1.165, 1.54) is 32.1 Å². The smallest absolute Gasteiger partial charge is 0.129 e. The van der Waals surface area contributed by atoms with Crippen LogP contribution in [0.2, 0.25) is 0 Å². The normalized spacial score (nSPS) is 49.3. The van der Waals surface area contributed by atoms with E-state index in [-0.39, 0.29) is 24.2 Å². The van der Waals surface area contributed by atoms with E-state index in [9.17, 15) is 15.3 Å². The first kappa shape index (κ1) is 18.2. The molecule has 3 N–H and O–H groups in total. The zero-order valence-corrected chi connectivity index (χ0v) is 16.4. The fourth-order valence-corrected chi connectivity index (χ4v) is 8.07. The van der Waals surface area contributed by atoms with Crippen molar-refractivity contribution in [3.63, 3.8) is 0 Å². The number of aliphatic hydroxyl groups is 3. The second-order valence-electron chi connectivity index (χ2n) is 10.2. The maximum Gasteiger partial charge on any atom is 0.129 e. The molecule has 4 fully saturated rings. The van der Waals surface area contributed by atoms with E-state index in [4.69, 9.17) is 4.42 Å². The van der Waals surface area contributed by atoms with Crippen molar-refractivity contribution in [2.45, 2.75) is 83.0 Å². The zero-order valence-electron chi connectivity index (χ0n) is 16.4. The van der Waals surface area contributed by atoms with Crippen LogP contribution in [0.4, 0.5) is 0 Å². The first-order valence-corrected chi connectivity index (χ1v) is 11.1. The van der Waals surface area contributed by atoms with Gasteiger partial charge in [0.15, 0.2) is 0 Å². The van der Waals surface area contributed by atoms with Gasteiger partial charge in [-0.2, -0.15) is 0 Å². The standard InChI is InChI=1S/C23H34O4/c1-23-7-6-18-17-5-3-15(25)8-13(17)2-4-19(18)22(23)21(26)10-20(23)14-9-16(11-24)27-12-14/h9,12-13,15,17-22,24-26H,2-8,10-11H2,1H3/t13-,15-,17+,18-,19-,20-,21-,22-,23-/m1/s1. The molecule has 0 unspecified atom stereocenters. The molecule has 9 atom stereocenters. The minimum absolute atomic E-state index is 0.0605. The number of aliphatic hydroxyl groups excluding tert-OH is 3. The highest BCUT2D eigenvalue weighted by molar-refractivity contribution is 5.25. The molecule has 4 nitrogen and oxygen atoms in total. The van der Waals surface area contributed by atoms with Gasteiger partial charge in [-0.15, -0.1) is 0 Å². The van der Waals surface area contributed by atoms with Crippen molar-refractivity contribution in [2.75, 3.05) is 0 Å². The minimum atomic E-state index is -0.231. The molecule has 150 valence electrons. The topological polar surface area (TPSA) is 73.8 Å². The largest absolute Gasteiger partial charge is 0.467 e. The van der Waals surface area contributed by atoms with Gasteiger partial charge in [0.05, 0.1) is 18.5 Å². The maximum atomic E-state index is 11.1. The molecular weight excluding hydrogens is 340 g/mol. The molecule has 27 heavy (non-hydrogen) atoms. The van der Waals surface area contributed by atoms with Gasteiger partial charge in [-0.1, -0.05) is 6.92 Å². The molecule has 0 aliphatic heterocycles. The average molecular weight is 375 g/mol. The Morgan fingerprint density at radius 3 is 2.63 bits per heavy atom. The molecule has 4 saturated carbocycles. The summed E-state index contributed by atoms with van der Waals surface area (Å²) >= 11 is 0. The van der Waals surface area contributed by atoms with Gasteiger partial charge < -0.3 is 19.7 Å². The molecule has 0 aromatic carbocycles. The highest BCUT2D eigenvalue weighted by atomic mass is 16.4. The molecule has 0 spiro atoms. The van der Waals surface area contributed by atoms with Crippen LogP contribution in [0, 0.1) is 35.0 Å². The summed E-state index contributed by atoms with van der Waals surface area (Å²) in [5.74, 6) is 4.16. The summed E-state index contributed by atoms with van der Waals surface area (Å²) in [5, 5.41) is 30.6. The summed E-state index contributed by atoms with van der Waals surface area (Å²) < 4.78 is 5.52. The summed E-state index contributed by atoms with van der Waals surface area (Å²) in [6.07, 6.45) is 10.3. The van der Waals surface area contributed by atoms with Gasteiger partial charge in [0.1, 0.15) is 12.4 Å². The number of fused-ring (bicyclic) bond motifs is 5. The second kappa shape index (κ2) is 6.60. The molecule has 1 aromatic heterocycles. The Morgan fingerprint density at radius 2 is 1.85 bits per heavy atom. The van der Waals surface area contributed by atoms with Crippen molar-refractivity contribution in [3.05, 3.63) is 23.7 Å². The third-order valence-corrected chi connectivity index (χ3v) is 9.14. The van der Waals surface area contributed by atoms with Crippen LogP contribution in [-0.2, 0) is 6.61 Å². The SMILES string of the molecule is C[C@]12CC[C@H]3[C@@H](CC[C@@H]4C[C@H](O)CC[C@@H]43)[C@@H]1[C@H](O)C[C@@H]2c1coc(CO)c1. The predicted molar refractivity (Wildman–Crippen MR) is 102 cm³/mol. The van der Waals surface area contributed by atoms with Crippen LogP contribution in [-0.4, -0.2) is 27.5 Å². The lowest BCUT2D eigenvalue weighted by Crippen LogP contribution is -2.50. The van der Waals surface area contributed by atoms with Crippen LogP contribution in [0.25, 0.3) is 0 Å². The number of hydrogen-bond acceptors (Lipinski definition) is 4. The predicted octanol–water partition coefficient (Wildman–Crippen LogP) is 3.84. The van der Waals surface area contributed by atoms with Gasteiger partial charge >= 0.3 is 0 Å². The maximum absolute atomic E-state index is 11.1. The van der Waals surface area contributed by atoms with Crippen molar-refractivity contribution in [2.24, 2.45) is 35.0 Å². The number of hydrogen-bond donors (Lipinski definition) is 3. The summed E-state index contributed by atoms with van der Waals surface area (Å²) in [6.45, 7) is 2.34. The Labute approximate surface area is 162 Å². The Hall–Kier alpha value is -0.840. The van der Waals surface area contributed by atoms with E-state index in [2.05, 4.69) is 6.92 Å². The third-order valence-electron chi connectivity index (χ3n) is 9.14. The second-order valence-corrected chi connectivity index (χ2v) is 10.2. The molecule has 4 aliphatic carbocycles. The van der Waals surface area contributed by atoms with E-state index in [0.29, 0.717) is 29.4 Å². The molecule has 1 aromatic rings. The summed E-state index contributed by atoms with van der Waals surface area (Å²) in [4.78, 5) is 0. The van der Waals surface area contributed by atoms with E-state index >= 15 is 0 Å². The lowest BCUT2D eigenvalue weighted by Gasteiger charge is -2.56. The van der Waals surface area contributed by atoms with Crippen LogP contribution >= 0.6 is 0 Å². The van der Waals surface area contributed by atoms with Crippen LogP contribution in [0.5, 0.6) is 0 Å². The Balaban J connectivity index is 1.42. The van der Waals surface area contributed by atoms with Crippen LogP contribution in [0.3, 0.4) is 0 Å². The molecule has 4 aliphatic rings. The van der Waals surface area contributed by atoms with E-state index in [0.717, 1.165) is 36.7 Å². The Kier molecular flexibility index (Phi) is 4.45. The Bertz CT molecular complexity index is 684. The van der Waals surface area contributed by atoms with E-state index in [1.807, 2.05) is 12.3 Å². The average Bonchev–Trinajstić information content (AvgIpc) is 3.23. The Morgan fingerprint density at radius 1 is 1.04 bits per heavy atom. The monoisotopic (exact) mass is 374 g/mol. The summed E-state index contributed by atoms with van der Waals surface area (Å²) in [6, 6.07) is 2.00. The van der Waals surface area contributed by atoms with Crippen molar-refractivity contribution >= 4 is 0 Å². The van der Waals surface area contributed by atoms with Crippen molar-refractivity contribution in [1.82, 2.24) is 0 Å². The summed E-state index contributed by atoms with van der Waals surface area (Å²) in [5.41, 5.74) is 1.29. The van der Waals surface area contributed by atoms with Gasteiger partial charge in [0, 0.05) is 0 Å². The lowest BCUT2D eigenvalue weighted by atomic mass is 9.49. The van der Waals surface area contributed by atoms with Crippen LogP contribution in [0.15, 0.2) is 16.7 Å². The molecule has 4 heteroatoms. The van der Waals surface area contributed by atoms with Gasteiger partial charge in [-0.05, 0) is 104 Å². The van der Waals surface area contributed by atoms with Crippen molar-refractivity contribution < 1.29 is 19.7 Å². The molecule has 1 heterocycles. The van der Waals surface area contributed by atoms with Gasteiger partial charge in [-0.25, -0.2) is 0 Å². The van der Waals surface area contributed by atoms with Gasteiger partial charge in [0.2, 0.25) is 0 Å². The van der Waals surface area contributed by atoms with E-state index < -0.39 is 0 Å². The van der Waals surface area contributed by atoms with Crippen molar-refractivity contribution in [3.8, 4) is 0 Å². The first-order valence-electron chi connectivity index (χ1n) is 11.1. The van der Waals surface area contributed by atoms with E-state index in [1.54, 1.807) is 0 Å². The molecule has 5 rings (SSSR count). The highest BCUT2D eigenvalue weighted by Gasteiger charge is 2.60. The molecular formula is C23H34O4. The van der Waals surface area contributed by atoms with Crippen LogP contribution in [0.1, 0.15) is 75.5 Å². The van der Waals surface area contributed by atoms with Gasteiger partial charge in [-0.3, -0.25) is 0 Å². The molecule has 0 bridgehead atoms. The zero-order chi connectivity index (χ0) is 18.8. The number of furan rings is 1. The number of rotatable bonds is 2. The highest BCUT2D eigenvalue weighted by Crippen LogP contribution is 2.66. The lowest BCUT2D eigenvalue weighted by molar-refractivity contribution is -0.0943. The molecule has 0 radical (unpaired) electrons. The molecule has 0 amide bonds. The van der Waals surface area contributed by atoms with Gasteiger partial charge in [0.25, 0.3) is 0 Å². The third kappa shape index (κ3) is 2.74. The molecule has 0 saturated heterocycles. The first-order chi connectivity index (χ1) is 13.0. The quantitative estimate of drug-likeness (QED) is 0.735. The fourth-order valence-electron chi connectivity index (χ4n) is 8.07. The van der Waals surface area contributed by atoms with Crippen LogP contribution < -0.4 is 0 Å². The summed E-state index contributed by atoms with van der Waals surface area (Å²) in [7, 11) is 0.